The monoisotopic (exact) mass is 418 g/mol. The molecule has 162 valence electrons. The molecule has 1 aliphatic rings. The first-order valence-corrected chi connectivity index (χ1v) is 11.1. The summed E-state index contributed by atoms with van der Waals surface area (Å²) in [4.78, 5) is 25.5. The second-order valence-corrected chi connectivity index (χ2v) is 8.35. The molecule has 0 radical (unpaired) electrons. The van der Waals surface area contributed by atoms with E-state index in [1.165, 1.54) is 28.7 Å². The Kier molecular flexibility index (Phi) is 6.35. The van der Waals surface area contributed by atoms with Gasteiger partial charge in [0, 0.05) is 29.9 Å². The summed E-state index contributed by atoms with van der Waals surface area (Å²) in [7, 11) is 0. The Hall–Kier alpha value is -3.15. The number of nitrogens with zero attached hydrogens (tertiary/aromatic N) is 3. The minimum absolute atomic E-state index is 0.0594. The molecule has 0 saturated heterocycles. The summed E-state index contributed by atoms with van der Waals surface area (Å²) >= 11 is 0. The number of nitrogens with one attached hydrogen (secondary N) is 1. The molecule has 0 saturated carbocycles. The summed E-state index contributed by atoms with van der Waals surface area (Å²) in [5.41, 5.74) is 4.30. The Morgan fingerprint density at radius 3 is 2.68 bits per heavy atom. The van der Waals surface area contributed by atoms with Gasteiger partial charge in [-0.3, -0.25) is 9.59 Å². The van der Waals surface area contributed by atoms with E-state index in [1.807, 2.05) is 32.0 Å². The third kappa shape index (κ3) is 4.63. The minimum Gasteiger partial charge on any atom is -0.354 e. The van der Waals surface area contributed by atoms with E-state index in [9.17, 15) is 9.59 Å². The fourth-order valence-corrected chi connectivity index (χ4v) is 4.45. The molecule has 2 heterocycles. The number of fused-ring (bicyclic) bond motifs is 1. The van der Waals surface area contributed by atoms with E-state index in [1.54, 1.807) is 6.20 Å². The predicted molar refractivity (Wildman–Crippen MR) is 123 cm³/mol. The third-order valence-corrected chi connectivity index (χ3v) is 6.24. The van der Waals surface area contributed by atoms with Crippen molar-refractivity contribution in [2.45, 2.75) is 59.0 Å². The van der Waals surface area contributed by atoms with Crippen LogP contribution in [0.5, 0.6) is 0 Å². The first-order chi connectivity index (χ1) is 15.0. The fourth-order valence-electron chi connectivity index (χ4n) is 4.45. The molecule has 4 rings (SSSR count). The molecule has 1 aromatic carbocycles. The van der Waals surface area contributed by atoms with Crippen LogP contribution < -0.4 is 10.9 Å². The van der Waals surface area contributed by atoms with Crippen molar-refractivity contribution in [2.24, 2.45) is 0 Å². The van der Waals surface area contributed by atoms with Crippen LogP contribution in [0.15, 0.2) is 53.0 Å². The van der Waals surface area contributed by atoms with Gasteiger partial charge in [0.2, 0.25) is 5.91 Å². The number of aryl methyl sites for hydroxylation is 2. The molecule has 0 aliphatic heterocycles. The van der Waals surface area contributed by atoms with E-state index >= 15 is 0 Å². The summed E-state index contributed by atoms with van der Waals surface area (Å²) in [6.45, 7) is 5.21. The molecule has 1 aliphatic carbocycles. The van der Waals surface area contributed by atoms with Crippen molar-refractivity contribution < 1.29 is 4.79 Å². The number of hydrogen-bond acceptors (Lipinski definition) is 3. The highest BCUT2D eigenvalue weighted by molar-refractivity contribution is 5.87. The Bertz CT molecular complexity index is 1170. The molecule has 0 unspecified atom stereocenters. The van der Waals surface area contributed by atoms with Gasteiger partial charge >= 0.3 is 0 Å². The van der Waals surface area contributed by atoms with Gasteiger partial charge in [0.1, 0.15) is 6.54 Å². The molecule has 6 nitrogen and oxygen atoms in total. The van der Waals surface area contributed by atoms with Crippen LogP contribution in [-0.4, -0.2) is 26.8 Å². The predicted octanol–water partition coefficient (Wildman–Crippen LogP) is 3.87. The Morgan fingerprint density at radius 2 is 1.94 bits per heavy atom. The van der Waals surface area contributed by atoms with Crippen molar-refractivity contribution >= 4 is 16.7 Å². The van der Waals surface area contributed by atoms with Gasteiger partial charge in [0.25, 0.3) is 5.56 Å². The smallest absolute Gasteiger partial charge is 0.276 e. The molecule has 6 heteroatoms. The first-order valence-electron chi connectivity index (χ1n) is 11.1. The van der Waals surface area contributed by atoms with Gasteiger partial charge in [0.05, 0.1) is 11.6 Å². The first kappa shape index (κ1) is 21.1. The zero-order chi connectivity index (χ0) is 21.8. The standard InChI is InChI=1S/C25H30N4O2/c1-18-22-15-27-29(17-23(30)26-14-13-20-9-5-3-6-10-20)25(31)24(22)19(2)28(18)16-21-11-7-4-8-12-21/h4,7-9,11-12,15H,3,5-6,10,13-14,16-17H2,1-2H3,(H,26,30). The van der Waals surface area contributed by atoms with Gasteiger partial charge in [0.15, 0.2) is 0 Å². The van der Waals surface area contributed by atoms with Crippen LogP contribution in [0.4, 0.5) is 0 Å². The maximum absolute atomic E-state index is 13.1. The molecular weight excluding hydrogens is 388 g/mol. The second-order valence-electron chi connectivity index (χ2n) is 8.35. The average molecular weight is 419 g/mol. The van der Waals surface area contributed by atoms with Crippen LogP contribution in [0, 0.1) is 13.8 Å². The molecule has 2 aromatic heterocycles. The molecule has 31 heavy (non-hydrogen) atoms. The van der Waals surface area contributed by atoms with Crippen LogP contribution >= 0.6 is 0 Å². The maximum Gasteiger partial charge on any atom is 0.276 e. The third-order valence-electron chi connectivity index (χ3n) is 6.24. The zero-order valence-corrected chi connectivity index (χ0v) is 18.4. The van der Waals surface area contributed by atoms with Crippen molar-refractivity contribution in [3.05, 3.63) is 75.5 Å². The molecular formula is C25H30N4O2. The molecule has 1 amide bonds. The normalized spacial score (nSPS) is 13.9. The van der Waals surface area contributed by atoms with Crippen LogP contribution in [0.2, 0.25) is 0 Å². The minimum atomic E-state index is -0.213. The lowest BCUT2D eigenvalue weighted by Gasteiger charge is -2.13. The van der Waals surface area contributed by atoms with Crippen molar-refractivity contribution in [2.75, 3.05) is 6.54 Å². The number of hydrogen-bond donors (Lipinski definition) is 1. The van der Waals surface area contributed by atoms with Crippen molar-refractivity contribution in [1.29, 1.82) is 0 Å². The lowest BCUT2D eigenvalue weighted by Crippen LogP contribution is -2.34. The molecule has 0 spiro atoms. The molecule has 0 fully saturated rings. The largest absolute Gasteiger partial charge is 0.354 e. The molecule has 1 N–H and O–H groups in total. The lowest BCUT2D eigenvalue weighted by molar-refractivity contribution is -0.121. The van der Waals surface area contributed by atoms with Gasteiger partial charge in [-0.2, -0.15) is 5.10 Å². The summed E-state index contributed by atoms with van der Waals surface area (Å²) in [5, 5.41) is 8.71. The summed E-state index contributed by atoms with van der Waals surface area (Å²) in [6, 6.07) is 10.2. The Labute approximate surface area is 182 Å². The average Bonchev–Trinajstić information content (AvgIpc) is 3.02. The van der Waals surface area contributed by atoms with E-state index in [4.69, 9.17) is 0 Å². The lowest BCUT2D eigenvalue weighted by atomic mass is 9.97. The fraction of sp³-hybridized carbons (Fsp3) is 0.400. The van der Waals surface area contributed by atoms with Gasteiger partial charge in [-0.25, -0.2) is 4.68 Å². The molecule has 0 bridgehead atoms. The summed E-state index contributed by atoms with van der Waals surface area (Å²) in [6.07, 6.45) is 9.66. The van der Waals surface area contributed by atoms with E-state index in [-0.39, 0.29) is 18.0 Å². The van der Waals surface area contributed by atoms with E-state index < -0.39 is 0 Å². The van der Waals surface area contributed by atoms with E-state index in [2.05, 4.69) is 33.2 Å². The van der Waals surface area contributed by atoms with Crippen molar-refractivity contribution in [1.82, 2.24) is 19.7 Å². The number of amides is 1. The van der Waals surface area contributed by atoms with E-state index in [0.29, 0.717) is 18.5 Å². The zero-order valence-electron chi connectivity index (χ0n) is 18.4. The highest BCUT2D eigenvalue weighted by Crippen LogP contribution is 2.23. The quantitative estimate of drug-likeness (QED) is 0.592. The van der Waals surface area contributed by atoms with Crippen molar-refractivity contribution in [3.63, 3.8) is 0 Å². The topological polar surface area (TPSA) is 68.9 Å². The van der Waals surface area contributed by atoms with Gasteiger partial charge in [-0.1, -0.05) is 42.0 Å². The highest BCUT2D eigenvalue weighted by atomic mass is 16.2. The van der Waals surface area contributed by atoms with Crippen LogP contribution in [0.3, 0.4) is 0 Å². The highest BCUT2D eigenvalue weighted by Gasteiger charge is 2.17. The van der Waals surface area contributed by atoms with Crippen LogP contribution in [0.1, 0.15) is 49.1 Å². The van der Waals surface area contributed by atoms with E-state index in [0.717, 1.165) is 36.0 Å². The number of allylic oxidation sites excluding steroid dienone is 1. The number of aromatic nitrogens is 3. The second kappa shape index (κ2) is 9.33. The number of carbonyl (C=O) groups is 1. The summed E-state index contributed by atoms with van der Waals surface area (Å²) in [5.74, 6) is -0.177. The SMILES string of the molecule is Cc1c2cnn(CC(=O)NCCC3=CCCCC3)c(=O)c2c(C)n1Cc1ccccc1. The van der Waals surface area contributed by atoms with Crippen LogP contribution in [0.25, 0.3) is 10.8 Å². The number of benzene rings is 1. The maximum atomic E-state index is 13.1. The summed E-state index contributed by atoms with van der Waals surface area (Å²) < 4.78 is 3.42. The number of carbonyl (C=O) groups excluding carboxylic acids is 1. The van der Waals surface area contributed by atoms with Gasteiger partial charge in [-0.15, -0.1) is 0 Å². The Balaban J connectivity index is 1.49. The van der Waals surface area contributed by atoms with Crippen molar-refractivity contribution in [3.8, 4) is 0 Å². The van der Waals surface area contributed by atoms with Crippen LogP contribution in [-0.2, 0) is 17.9 Å². The molecule has 3 aromatic rings. The van der Waals surface area contributed by atoms with Gasteiger partial charge in [-0.05, 0) is 51.5 Å². The number of rotatable bonds is 7. The van der Waals surface area contributed by atoms with Gasteiger partial charge < -0.3 is 9.88 Å². The Morgan fingerprint density at radius 1 is 1.13 bits per heavy atom. The molecule has 0 atom stereocenters.